The molecule has 0 saturated heterocycles. The zero-order valence-electron chi connectivity index (χ0n) is 19.0. The normalized spacial score (nSPS) is 15.3. The number of amides is 1. The second-order valence-electron chi connectivity index (χ2n) is 7.85. The van der Waals surface area contributed by atoms with Crippen LogP contribution in [0.2, 0.25) is 0 Å². The Morgan fingerprint density at radius 2 is 1.89 bits per heavy atom. The van der Waals surface area contributed by atoms with Crippen LogP contribution in [0.1, 0.15) is 34.5 Å². The summed E-state index contributed by atoms with van der Waals surface area (Å²) in [5.74, 6) is -2.31. The smallest absolute Gasteiger partial charge is 0.431 e. The SMILES string of the molecule is COC(=O)c1ccc([C@H](C)NC(=O)C(C2=NCCN2Cc2cccc(F)c2)=C(N)C(F)(F)F)cc1. The summed E-state index contributed by atoms with van der Waals surface area (Å²) in [6, 6.07) is 11.0. The average Bonchev–Trinajstić information content (AvgIpc) is 3.25. The molecule has 0 fully saturated rings. The molecule has 0 bridgehead atoms. The molecule has 0 aliphatic carbocycles. The Morgan fingerprint density at radius 1 is 1.20 bits per heavy atom. The van der Waals surface area contributed by atoms with E-state index >= 15 is 0 Å². The monoisotopic (exact) mass is 492 g/mol. The predicted molar refractivity (Wildman–Crippen MR) is 121 cm³/mol. The summed E-state index contributed by atoms with van der Waals surface area (Å²) < 4.78 is 59.0. The summed E-state index contributed by atoms with van der Waals surface area (Å²) in [6.07, 6.45) is -4.98. The number of alkyl halides is 3. The molecule has 0 radical (unpaired) electrons. The molecule has 1 heterocycles. The van der Waals surface area contributed by atoms with E-state index in [4.69, 9.17) is 5.73 Å². The van der Waals surface area contributed by atoms with Crippen molar-refractivity contribution in [3.05, 3.63) is 82.3 Å². The van der Waals surface area contributed by atoms with Gasteiger partial charge in [0, 0.05) is 13.1 Å². The van der Waals surface area contributed by atoms with Gasteiger partial charge in [-0.1, -0.05) is 24.3 Å². The van der Waals surface area contributed by atoms with E-state index in [-0.39, 0.29) is 31.0 Å². The van der Waals surface area contributed by atoms with Crippen molar-refractivity contribution in [1.29, 1.82) is 0 Å². The maximum atomic E-state index is 13.6. The highest BCUT2D eigenvalue weighted by Gasteiger charge is 2.40. The van der Waals surface area contributed by atoms with Crippen LogP contribution in [0, 0.1) is 5.82 Å². The number of nitrogens with zero attached hydrogens (tertiary/aromatic N) is 2. The molecule has 35 heavy (non-hydrogen) atoms. The Kier molecular flexibility index (Phi) is 7.78. The first-order valence-corrected chi connectivity index (χ1v) is 10.6. The number of nitrogens with two attached hydrogens (primary N) is 1. The third-order valence-electron chi connectivity index (χ3n) is 5.40. The molecule has 1 aliphatic rings. The molecular weight excluding hydrogens is 468 g/mol. The van der Waals surface area contributed by atoms with Gasteiger partial charge in [-0.25, -0.2) is 9.18 Å². The maximum Gasteiger partial charge on any atom is 0.431 e. The van der Waals surface area contributed by atoms with E-state index in [1.807, 2.05) is 0 Å². The Hall–Kier alpha value is -3.89. The molecule has 7 nitrogen and oxygen atoms in total. The van der Waals surface area contributed by atoms with Gasteiger partial charge in [-0.15, -0.1) is 0 Å². The molecule has 186 valence electrons. The van der Waals surface area contributed by atoms with E-state index < -0.39 is 41.2 Å². The number of halogens is 4. The molecule has 1 amide bonds. The number of carbonyl (C=O) groups is 2. The van der Waals surface area contributed by atoms with Gasteiger partial charge < -0.3 is 20.7 Å². The second-order valence-corrected chi connectivity index (χ2v) is 7.85. The molecule has 0 saturated carbocycles. The molecule has 2 aromatic carbocycles. The van der Waals surface area contributed by atoms with Crippen molar-refractivity contribution in [3.8, 4) is 0 Å². The maximum absolute atomic E-state index is 13.6. The fraction of sp³-hybridized carbons (Fsp3) is 0.292. The van der Waals surface area contributed by atoms with E-state index in [0.717, 1.165) is 0 Å². The van der Waals surface area contributed by atoms with E-state index in [2.05, 4.69) is 15.0 Å². The summed E-state index contributed by atoms with van der Waals surface area (Å²) in [5.41, 5.74) is 4.36. The van der Waals surface area contributed by atoms with Crippen molar-refractivity contribution in [2.24, 2.45) is 10.7 Å². The number of carbonyl (C=O) groups excluding carboxylic acids is 2. The van der Waals surface area contributed by atoms with Crippen molar-refractivity contribution in [2.75, 3.05) is 20.2 Å². The lowest BCUT2D eigenvalue weighted by molar-refractivity contribution is -0.119. The number of allylic oxidation sites excluding steroid dienone is 1. The van der Waals surface area contributed by atoms with Gasteiger partial charge in [-0.3, -0.25) is 9.79 Å². The fourth-order valence-corrected chi connectivity index (χ4v) is 3.59. The van der Waals surface area contributed by atoms with Crippen LogP contribution in [-0.4, -0.2) is 49.0 Å². The number of esters is 1. The molecule has 1 atom stereocenters. The fourth-order valence-electron chi connectivity index (χ4n) is 3.59. The van der Waals surface area contributed by atoms with Gasteiger partial charge in [-0.05, 0) is 42.3 Å². The van der Waals surface area contributed by atoms with E-state index in [0.29, 0.717) is 11.1 Å². The minimum absolute atomic E-state index is 0.0447. The van der Waals surface area contributed by atoms with Gasteiger partial charge in [0.25, 0.3) is 5.91 Å². The van der Waals surface area contributed by atoms with Crippen LogP contribution in [-0.2, 0) is 16.1 Å². The molecule has 11 heteroatoms. The minimum atomic E-state index is -4.98. The van der Waals surface area contributed by atoms with Crippen molar-refractivity contribution >= 4 is 17.7 Å². The molecule has 0 spiro atoms. The first-order chi connectivity index (χ1) is 16.5. The number of rotatable bonds is 7. The molecule has 3 N–H and O–H groups in total. The lowest BCUT2D eigenvalue weighted by Crippen LogP contribution is -2.40. The third kappa shape index (κ3) is 6.17. The number of nitrogens with one attached hydrogen (secondary N) is 1. The summed E-state index contributed by atoms with van der Waals surface area (Å²) in [6.45, 7) is 2.01. The van der Waals surface area contributed by atoms with Crippen molar-refractivity contribution in [3.63, 3.8) is 0 Å². The Morgan fingerprint density at radius 3 is 2.49 bits per heavy atom. The van der Waals surface area contributed by atoms with Crippen molar-refractivity contribution in [1.82, 2.24) is 10.2 Å². The van der Waals surface area contributed by atoms with Gasteiger partial charge in [0.2, 0.25) is 0 Å². The lowest BCUT2D eigenvalue weighted by Gasteiger charge is -2.25. The summed E-state index contributed by atoms with van der Waals surface area (Å²) in [7, 11) is 1.24. The number of amidine groups is 1. The Labute approximate surface area is 199 Å². The molecule has 0 aromatic heterocycles. The highest BCUT2D eigenvalue weighted by atomic mass is 19.4. The highest BCUT2D eigenvalue weighted by molar-refractivity contribution is 6.21. The number of benzene rings is 2. The topological polar surface area (TPSA) is 97.0 Å². The quantitative estimate of drug-likeness (QED) is 0.351. The molecule has 2 aromatic rings. The van der Waals surface area contributed by atoms with Gasteiger partial charge in [0.15, 0.2) is 0 Å². The predicted octanol–water partition coefficient (Wildman–Crippen LogP) is 3.48. The van der Waals surface area contributed by atoms with Gasteiger partial charge >= 0.3 is 12.1 Å². The minimum Gasteiger partial charge on any atom is -0.465 e. The highest BCUT2D eigenvalue weighted by Crippen LogP contribution is 2.28. The Bertz CT molecular complexity index is 1160. The van der Waals surface area contributed by atoms with E-state index in [1.54, 1.807) is 25.1 Å². The second kappa shape index (κ2) is 10.6. The van der Waals surface area contributed by atoms with E-state index in [1.165, 1.54) is 42.3 Å². The van der Waals surface area contributed by atoms with Crippen LogP contribution in [0.25, 0.3) is 0 Å². The number of hydrogen-bond acceptors (Lipinski definition) is 6. The van der Waals surface area contributed by atoms with Gasteiger partial charge in [0.1, 0.15) is 22.9 Å². The van der Waals surface area contributed by atoms with Gasteiger partial charge in [-0.2, -0.15) is 13.2 Å². The van der Waals surface area contributed by atoms with E-state index in [9.17, 15) is 27.2 Å². The van der Waals surface area contributed by atoms with Crippen LogP contribution in [0.15, 0.2) is 64.8 Å². The molecular formula is C24H24F4N4O3. The number of hydrogen-bond donors (Lipinski definition) is 2. The van der Waals surface area contributed by atoms with Crippen molar-refractivity contribution < 1.29 is 31.9 Å². The first kappa shape index (κ1) is 25.7. The molecule has 3 rings (SSSR count). The summed E-state index contributed by atoms with van der Waals surface area (Å²) in [5, 5.41) is 2.52. The standard InChI is InChI=1S/C24H24F4N4O3/c1-14(16-6-8-17(9-7-16)23(34)35-2)31-22(33)19(20(29)24(26,27)28)21-30-10-11-32(21)13-15-4-3-5-18(25)12-15/h3-9,12,14H,10-11,13,29H2,1-2H3,(H,31,33)/t14-/m0/s1. The van der Waals surface area contributed by atoms with Crippen LogP contribution in [0.4, 0.5) is 17.6 Å². The first-order valence-electron chi connectivity index (χ1n) is 10.6. The zero-order chi connectivity index (χ0) is 25.8. The number of ether oxygens (including phenoxy) is 1. The molecule has 1 aliphatic heterocycles. The molecule has 0 unspecified atom stereocenters. The van der Waals surface area contributed by atoms with Crippen LogP contribution >= 0.6 is 0 Å². The lowest BCUT2D eigenvalue weighted by atomic mass is 10.0. The summed E-state index contributed by atoms with van der Waals surface area (Å²) >= 11 is 0. The van der Waals surface area contributed by atoms with Crippen LogP contribution in [0.5, 0.6) is 0 Å². The van der Waals surface area contributed by atoms with Crippen molar-refractivity contribution in [2.45, 2.75) is 25.7 Å². The Balaban J connectivity index is 1.87. The van der Waals surface area contributed by atoms with Crippen LogP contribution in [0.3, 0.4) is 0 Å². The number of methoxy groups -OCH3 is 1. The largest absolute Gasteiger partial charge is 0.465 e. The van der Waals surface area contributed by atoms with Crippen LogP contribution < -0.4 is 11.1 Å². The summed E-state index contributed by atoms with van der Waals surface area (Å²) in [4.78, 5) is 30.3. The number of aliphatic imine (C=N–C) groups is 1. The zero-order valence-corrected chi connectivity index (χ0v) is 19.0. The average molecular weight is 492 g/mol. The third-order valence-corrected chi connectivity index (χ3v) is 5.40. The van der Waals surface area contributed by atoms with Gasteiger partial charge in [0.05, 0.1) is 25.3 Å².